The molecule has 1 saturated heterocycles. The van der Waals surface area contributed by atoms with E-state index in [1.165, 1.54) is 51.4 Å². The van der Waals surface area contributed by atoms with Crippen molar-refractivity contribution in [3.63, 3.8) is 0 Å². The maximum absolute atomic E-state index is 6.49. The van der Waals surface area contributed by atoms with Gasteiger partial charge in [0.1, 0.15) is 0 Å². The molecule has 0 aromatic heterocycles. The van der Waals surface area contributed by atoms with Crippen LogP contribution in [0.1, 0.15) is 84.5 Å². The van der Waals surface area contributed by atoms with E-state index < -0.39 is 0 Å². The highest BCUT2D eigenvalue weighted by atomic mass is 16.7. The molecule has 1 aliphatic heterocycles. The highest BCUT2D eigenvalue weighted by Crippen LogP contribution is 2.51. The minimum Gasteiger partial charge on any atom is -0.347 e. The third kappa shape index (κ3) is 4.91. The van der Waals surface area contributed by atoms with Crippen molar-refractivity contribution in [2.75, 3.05) is 26.2 Å². The average molecular weight is 364 g/mol. The summed E-state index contributed by atoms with van der Waals surface area (Å²) < 4.78 is 12.7. The van der Waals surface area contributed by atoms with E-state index in [1.54, 1.807) is 0 Å². The van der Waals surface area contributed by atoms with Crippen LogP contribution in [0.2, 0.25) is 0 Å². The Labute approximate surface area is 161 Å². The highest BCUT2D eigenvalue weighted by Gasteiger charge is 2.47. The van der Waals surface area contributed by atoms with E-state index in [4.69, 9.17) is 9.47 Å². The third-order valence-electron chi connectivity index (χ3n) is 7.34. The maximum atomic E-state index is 6.49. The van der Waals surface area contributed by atoms with Gasteiger partial charge in [-0.25, -0.2) is 0 Å². The van der Waals surface area contributed by atoms with Crippen LogP contribution in [0.15, 0.2) is 12.7 Å². The molecule has 0 radical (unpaired) electrons. The molecular weight excluding hydrogens is 322 g/mol. The Hall–Kier alpha value is -0.380. The van der Waals surface area contributed by atoms with E-state index in [0.29, 0.717) is 5.41 Å². The second kappa shape index (κ2) is 9.21. The Bertz CT molecular complexity index is 435. The molecule has 0 bridgehead atoms. The molecule has 1 spiro atoms. The second-order valence-corrected chi connectivity index (χ2v) is 9.33. The molecule has 2 aliphatic carbocycles. The van der Waals surface area contributed by atoms with Gasteiger partial charge in [-0.05, 0) is 56.4 Å². The van der Waals surface area contributed by atoms with Crippen LogP contribution in [0.5, 0.6) is 0 Å². The van der Waals surface area contributed by atoms with Gasteiger partial charge in [0.05, 0.1) is 12.7 Å². The van der Waals surface area contributed by atoms with Gasteiger partial charge in [0, 0.05) is 25.9 Å². The first-order valence-corrected chi connectivity index (χ1v) is 11.2. The molecule has 150 valence electrons. The molecule has 3 fully saturated rings. The molecule has 2 saturated carbocycles. The Morgan fingerprint density at radius 2 is 1.81 bits per heavy atom. The summed E-state index contributed by atoms with van der Waals surface area (Å²) in [6.07, 6.45) is 16.6. The lowest BCUT2D eigenvalue weighted by Crippen LogP contribution is -2.41. The van der Waals surface area contributed by atoms with Crippen molar-refractivity contribution < 1.29 is 9.47 Å². The molecule has 3 aliphatic rings. The normalized spacial score (nSPS) is 34.4. The molecule has 3 nitrogen and oxygen atoms in total. The van der Waals surface area contributed by atoms with Crippen molar-refractivity contribution in [3.05, 3.63) is 12.7 Å². The van der Waals surface area contributed by atoms with Crippen molar-refractivity contribution in [2.45, 2.75) is 96.4 Å². The summed E-state index contributed by atoms with van der Waals surface area (Å²) in [6, 6.07) is 0. The number of ether oxygens (including phenoxy) is 2. The van der Waals surface area contributed by atoms with Crippen LogP contribution >= 0.6 is 0 Å². The van der Waals surface area contributed by atoms with Gasteiger partial charge >= 0.3 is 0 Å². The van der Waals surface area contributed by atoms with Gasteiger partial charge in [-0.2, -0.15) is 0 Å². The monoisotopic (exact) mass is 363 g/mol. The fourth-order valence-electron chi connectivity index (χ4n) is 5.66. The largest absolute Gasteiger partial charge is 0.347 e. The topological polar surface area (TPSA) is 21.7 Å². The molecule has 1 heterocycles. The fourth-order valence-corrected chi connectivity index (χ4v) is 5.66. The summed E-state index contributed by atoms with van der Waals surface area (Å²) in [5, 5.41) is 0. The average Bonchev–Trinajstić information content (AvgIpc) is 3.04. The van der Waals surface area contributed by atoms with E-state index >= 15 is 0 Å². The molecule has 0 aromatic rings. The molecular formula is C23H41NO2. The Morgan fingerprint density at radius 1 is 1.08 bits per heavy atom. The van der Waals surface area contributed by atoms with Crippen molar-refractivity contribution in [3.8, 4) is 0 Å². The van der Waals surface area contributed by atoms with Crippen LogP contribution in [0.4, 0.5) is 0 Å². The zero-order valence-corrected chi connectivity index (χ0v) is 17.3. The highest BCUT2D eigenvalue weighted by molar-refractivity contribution is 4.93. The number of rotatable bonds is 8. The summed E-state index contributed by atoms with van der Waals surface area (Å²) in [4.78, 5) is 2.47. The molecule has 0 N–H and O–H groups in total. The standard InChI is InChI=1S/C23H41NO2/c1-4-16-24(17-5-2)18-11-21-19-25-23(26-21)14-9-20(10-15-23)22(3)12-7-6-8-13-22/h4,20-21H,1,5-19H2,2-3H3. The summed E-state index contributed by atoms with van der Waals surface area (Å²) in [5.74, 6) is 0.632. The van der Waals surface area contributed by atoms with Crippen LogP contribution in [0, 0.1) is 11.3 Å². The number of nitrogens with zero attached hydrogens (tertiary/aromatic N) is 1. The lowest BCUT2D eigenvalue weighted by atomic mass is 9.62. The zero-order valence-electron chi connectivity index (χ0n) is 17.3. The van der Waals surface area contributed by atoms with Crippen molar-refractivity contribution >= 4 is 0 Å². The number of hydrogen-bond acceptors (Lipinski definition) is 3. The Morgan fingerprint density at radius 3 is 2.46 bits per heavy atom. The van der Waals surface area contributed by atoms with Crippen molar-refractivity contribution in [1.82, 2.24) is 4.90 Å². The van der Waals surface area contributed by atoms with Gasteiger partial charge in [-0.15, -0.1) is 6.58 Å². The van der Waals surface area contributed by atoms with E-state index in [-0.39, 0.29) is 11.9 Å². The van der Waals surface area contributed by atoms with Gasteiger partial charge in [0.25, 0.3) is 0 Å². The first kappa shape index (κ1) is 20.4. The molecule has 0 amide bonds. The molecule has 0 aromatic carbocycles. The maximum Gasteiger partial charge on any atom is 0.168 e. The summed E-state index contributed by atoms with van der Waals surface area (Å²) in [7, 11) is 0. The minimum atomic E-state index is -0.250. The zero-order chi connectivity index (χ0) is 18.5. The first-order chi connectivity index (χ1) is 12.6. The lowest BCUT2D eigenvalue weighted by molar-refractivity contribution is -0.199. The van der Waals surface area contributed by atoms with Crippen LogP contribution in [-0.4, -0.2) is 43.0 Å². The van der Waals surface area contributed by atoms with Gasteiger partial charge in [-0.1, -0.05) is 39.2 Å². The summed E-state index contributed by atoms with van der Waals surface area (Å²) in [5.41, 5.74) is 0.587. The van der Waals surface area contributed by atoms with Crippen LogP contribution < -0.4 is 0 Å². The predicted molar refractivity (Wildman–Crippen MR) is 108 cm³/mol. The van der Waals surface area contributed by atoms with E-state index in [0.717, 1.165) is 51.4 Å². The molecule has 26 heavy (non-hydrogen) atoms. The van der Waals surface area contributed by atoms with Crippen molar-refractivity contribution in [2.24, 2.45) is 11.3 Å². The lowest BCUT2D eigenvalue weighted by Gasteiger charge is -2.46. The third-order valence-corrected chi connectivity index (χ3v) is 7.34. The van der Waals surface area contributed by atoms with Gasteiger partial charge in [-0.3, -0.25) is 4.90 Å². The molecule has 3 rings (SSSR count). The van der Waals surface area contributed by atoms with Crippen LogP contribution in [-0.2, 0) is 9.47 Å². The van der Waals surface area contributed by atoms with Crippen LogP contribution in [0.3, 0.4) is 0 Å². The SMILES string of the molecule is C=CCN(CCC)CCC1COC2(CCC(C3(C)CCCCC3)CC2)O1. The predicted octanol–water partition coefficient (Wildman–Crippen LogP) is 5.55. The van der Waals surface area contributed by atoms with E-state index in [2.05, 4.69) is 25.3 Å². The second-order valence-electron chi connectivity index (χ2n) is 9.33. The quantitative estimate of drug-likeness (QED) is 0.528. The molecule has 3 heteroatoms. The van der Waals surface area contributed by atoms with E-state index in [1.807, 2.05) is 6.08 Å². The minimum absolute atomic E-state index is 0.250. The van der Waals surface area contributed by atoms with Crippen molar-refractivity contribution in [1.29, 1.82) is 0 Å². The molecule has 1 atom stereocenters. The smallest absolute Gasteiger partial charge is 0.168 e. The van der Waals surface area contributed by atoms with Gasteiger partial charge in [0.2, 0.25) is 0 Å². The fraction of sp³-hybridized carbons (Fsp3) is 0.913. The van der Waals surface area contributed by atoms with Crippen LogP contribution in [0.25, 0.3) is 0 Å². The summed E-state index contributed by atoms with van der Waals surface area (Å²) >= 11 is 0. The van der Waals surface area contributed by atoms with E-state index in [9.17, 15) is 0 Å². The summed E-state index contributed by atoms with van der Waals surface area (Å²) in [6.45, 7) is 12.7. The first-order valence-electron chi connectivity index (χ1n) is 11.2. The molecule has 1 unspecified atom stereocenters. The Balaban J connectivity index is 1.44. The Kier molecular flexibility index (Phi) is 7.21. The number of hydrogen-bond donors (Lipinski definition) is 0. The van der Waals surface area contributed by atoms with Gasteiger partial charge < -0.3 is 9.47 Å². The van der Waals surface area contributed by atoms with Gasteiger partial charge in [0.15, 0.2) is 5.79 Å².